The monoisotopic (exact) mass is 434 g/mol. The Morgan fingerprint density at radius 3 is 2.88 bits per heavy atom. The maximum absolute atomic E-state index is 13.8. The Labute approximate surface area is 184 Å². The predicted molar refractivity (Wildman–Crippen MR) is 120 cm³/mol. The van der Waals surface area contributed by atoms with Crippen molar-refractivity contribution in [3.63, 3.8) is 0 Å². The van der Waals surface area contributed by atoms with E-state index in [9.17, 15) is 4.39 Å². The fourth-order valence-electron chi connectivity index (χ4n) is 3.89. The molecule has 32 heavy (non-hydrogen) atoms. The van der Waals surface area contributed by atoms with Crippen LogP contribution < -0.4 is 15.8 Å². The number of rotatable bonds is 6. The lowest BCUT2D eigenvalue weighted by molar-refractivity contribution is 0.120. The van der Waals surface area contributed by atoms with Gasteiger partial charge < -0.3 is 20.5 Å². The number of hydrogen-bond acceptors (Lipinski definition) is 7. The molecule has 1 aliphatic heterocycles. The Kier molecular flexibility index (Phi) is 5.32. The largest absolute Gasteiger partial charge is 0.497 e. The zero-order valence-corrected chi connectivity index (χ0v) is 17.6. The molecule has 1 unspecified atom stereocenters. The van der Waals surface area contributed by atoms with Crippen molar-refractivity contribution in [2.45, 2.75) is 18.9 Å². The van der Waals surface area contributed by atoms with Crippen molar-refractivity contribution in [1.29, 1.82) is 0 Å². The summed E-state index contributed by atoms with van der Waals surface area (Å²) in [5.74, 6) is 1.07. The fourth-order valence-corrected chi connectivity index (χ4v) is 3.89. The van der Waals surface area contributed by atoms with Gasteiger partial charge in [-0.3, -0.25) is 0 Å². The van der Waals surface area contributed by atoms with Crippen LogP contribution in [0, 0.1) is 5.82 Å². The molecule has 0 saturated carbocycles. The van der Waals surface area contributed by atoms with Gasteiger partial charge in [-0.15, -0.1) is 5.10 Å². The van der Waals surface area contributed by atoms with E-state index >= 15 is 0 Å². The van der Waals surface area contributed by atoms with Gasteiger partial charge in [0.2, 0.25) is 5.95 Å². The molecule has 0 spiro atoms. The Hall–Kier alpha value is -3.72. The summed E-state index contributed by atoms with van der Waals surface area (Å²) in [7, 11) is 1.61. The van der Waals surface area contributed by atoms with E-state index in [0.29, 0.717) is 46.5 Å². The number of methoxy groups -OCH3 is 1. The predicted octanol–water partition coefficient (Wildman–Crippen LogP) is 3.80. The van der Waals surface area contributed by atoms with Gasteiger partial charge in [-0.2, -0.15) is 4.98 Å². The molecule has 1 saturated heterocycles. The smallest absolute Gasteiger partial charge is 0.225 e. The lowest BCUT2D eigenvalue weighted by atomic mass is 10.1. The number of benzene rings is 2. The van der Waals surface area contributed by atoms with Crippen molar-refractivity contribution < 1.29 is 13.9 Å². The lowest BCUT2D eigenvalue weighted by Gasteiger charge is -2.12. The number of ether oxygens (including phenoxy) is 2. The van der Waals surface area contributed by atoms with Crippen molar-refractivity contribution >= 4 is 22.8 Å². The second-order valence-corrected chi connectivity index (χ2v) is 7.62. The van der Waals surface area contributed by atoms with Crippen molar-refractivity contribution in [3.8, 4) is 22.7 Å². The Morgan fingerprint density at radius 2 is 2.09 bits per heavy atom. The first-order valence-corrected chi connectivity index (χ1v) is 10.4. The second-order valence-electron chi connectivity index (χ2n) is 7.62. The van der Waals surface area contributed by atoms with Crippen LogP contribution >= 0.6 is 0 Å². The minimum atomic E-state index is -0.375. The normalized spacial score (nSPS) is 15.9. The maximum Gasteiger partial charge on any atom is 0.225 e. The van der Waals surface area contributed by atoms with Gasteiger partial charge in [0.1, 0.15) is 17.4 Å². The first-order valence-electron chi connectivity index (χ1n) is 10.4. The standard InChI is InChI=1S/C23H23FN6O2/c1-31-17-8-2-5-14(11-17)20-19-21(25)30(16-7-3-6-15(24)12-16)29-22(19)28-23(27-20)26-13-18-9-4-10-32-18/h2-3,5-8,11-12,18H,4,9-10,13,25H2,1H3,(H,26,28,29). The third-order valence-electron chi connectivity index (χ3n) is 5.48. The highest BCUT2D eigenvalue weighted by Crippen LogP contribution is 2.34. The first kappa shape index (κ1) is 20.2. The van der Waals surface area contributed by atoms with Gasteiger partial charge >= 0.3 is 0 Å². The number of nitrogens with one attached hydrogen (secondary N) is 1. The quantitative estimate of drug-likeness (QED) is 0.476. The van der Waals surface area contributed by atoms with Gasteiger partial charge in [-0.1, -0.05) is 18.2 Å². The molecule has 3 heterocycles. The molecular formula is C23H23FN6O2. The highest BCUT2D eigenvalue weighted by atomic mass is 19.1. The Balaban J connectivity index is 1.64. The molecular weight excluding hydrogens is 411 g/mol. The van der Waals surface area contributed by atoms with E-state index in [1.807, 2.05) is 24.3 Å². The van der Waals surface area contributed by atoms with Crippen LogP contribution in [-0.4, -0.2) is 46.1 Å². The van der Waals surface area contributed by atoms with Gasteiger partial charge in [-0.05, 0) is 43.2 Å². The minimum absolute atomic E-state index is 0.129. The average molecular weight is 434 g/mol. The highest BCUT2D eigenvalue weighted by molar-refractivity contribution is 5.99. The zero-order valence-electron chi connectivity index (χ0n) is 17.6. The molecule has 8 nitrogen and oxygen atoms in total. The van der Waals surface area contributed by atoms with Crippen LogP contribution in [0.2, 0.25) is 0 Å². The summed E-state index contributed by atoms with van der Waals surface area (Å²) in [4.78, 5) is 9.33. The summed E-state index contributed by atoms with van der Waals surface area (Å²) < 4.78 is 26.4. The van der Waals surface area contributed by atoms with E-state index in [0.717, 1.165) is 25.0 Å². The fraction of sp³-hybridized carbons (Fsp3) is 0.261. The molecule has 1 atom stereocenters. The molecule has 9 heteroatoms. The number of nitrogen functional groups attached to an aromatic ring is 1. The molecule has 2 aromatic carbocycles. The van der Waals surface area contributed by atoms with Crippen LogP contribution in [0.15, 0.2) is 48.5 Å². The molecule has 1 fully saturated rings. The van der Waals surface area contributed by atoms with Crippen LogP contribution in [-0.2, 0) is 4.74 Å². The SMILES string of the molecule is COc1cccc(-c2nc(NCC3CCCO3)nc3nn(-c4cccc(F)c4)c(N)c23)c1. The van der Waals surface area contributed by atoms with Crippen LogP contribution in [0.1, 0.15) is 12.8 Å². The number of fused-ring (bicyclic) bond motifs is 1. The van der Waals surface area contributed by atoms with Crippen LogP contribution in [0.3, 0.4) is 0 Å². The van der Waals surface area contributed by atoms with Crippen LogP contribution in [0.4, 0.5) is 16.2 Å². The summed E-state index contributed by atoms with van der Waals surface area (Å²) in [5.41, 5.74) is 8.82. The van der Waals surface area contributed by atoms with E-state index in [4.69, 9.17) is 20.2 Å². The van der Waals surface area contributed by atoms with Crippen LogP contribution in [0.5, 0.6) is 5.75 Å². The van der Waals surface area contributed by atoms with Crippen molar-refractivity contribution in [2.75, 3.05) is 31.3 Å². The molecule has 1 aliphatic rings. The number of hydrogen-bond donors (Lipinski definition) is 2. The van der Waals surface area contributed by atoms with Gasteiger partial charge in [-0.25, -0.2) is 14.1 Å². The van der Waals surface area contributed by atoms with Crippen LogP contribution in [0.25, 0.3) is 28.0 Å². The van der Waals surface area contributed by atoms with E-state index in [1.54, 1.807) is 19.2 Å². The molecule has 4 aromatic rings. The Morgan fingerprint density at radius 1 is 1.22 bits per heavy atom. The van der Waals surface area contributed by atoms with Crippen molar-refractivity contribution in [2.24, 2.45) is 0 Å². The molecule has 3 N–H and O–H groups in total. The molecule has 0 aliphatic carbocycles. The second kappa shape index (κ2) is 8.43. The minimum Gasteiger partial charge on any atom is -0.497 e. The molecule has 0 amide bonds. The van der Waals surface area contributed by atoms with Gasteiger partial charge in [0, 0.05) is 18.7 Å². The number of halogens is 1. The average Bonchev–Trinajstić information content (AvgIpc) is 3.45. The summed E-state index contributed by atoms with van der Waals surface area (Å²) >= 11 is 0. The van der Waals surface area contributed by atoms with E-state index < -0.39 is 0 Å². The number of nitrogens with two attached hydrogens (primary N) is 1. The summed E-state index contributed by atoms with van der Waals surface area (Å²) in [6, 6.07) is 13.6. The molecule has 0 radical (unpaired) electrons. The lowest BCUT2D eigenvalue weighted by Crippen LogP contribution is -2.19. The number of aromatic nitrogens is 4. The summed E-state index contributed by atoms with van der Waals surface area (Å²) in [6.07, 6.45) is 2.18. The highest BCUT2D eigenvalue weighted by Gasteiger charge is 2.21. The number of nitrogens with zero attached hydrogens (tertiary/aromatic N) is 4. The summed E-state index contributed by atoms with van der Waals surface area (Å²) in [5, 5.41) is 8.42. The number of anilines is 2. The van der Waals surface area contributed by atoms with Gasteiger partial charge in [0.15, 0.2) is 5.65 Å². The van der Waals surface area contributed by atoms with E-state index in [1.165, 1.54) is 16.8 Å². The molecule has 5 rings (SSSR count). The van der Waals surface area contributed by atoms with Crippen molar-refractivity contribution in [1.82, 2.24) is 19.7 Å². The molecule has 2 aromatic heterocycles. The summed E-state index contributed by atoms with van der Waals surface area (Å²) in [6.45, 7) is 1.37. The van der Waals surface area contributed by atoms with Crippen molar-refractivity contribution in [3.05, 3.63) is 54.3 Å². The topological polar surface area (TPSA) is 100 Å². The molecule has 164 valence electrons. The zero-order chi connectivity index (χ0) is 22.1. The Bertz CT molecular complexity index is 1270. The third kappa shape index (κ3) is 3.82. The first-order chi connectivity index (χ1) is 15.6. The van der Waals surface area contributed by atoms with Gasteiger partial charge in [0.05, 0.1) is 30.0 Å². The third-order valence-corrected chi connectivity index (χ3v) is 5.48. The maximum atomic E-state index is 13.8. The molecule has 0 bridgehead atoms. The van der Waals surface area contributed by atoms with Gasteiger partial charge in [0.25, 0.3) is 0 Å². The van der Waals surface area contributed by atoms with E-state index in [2.05, 4.69) is 15.4 Å². The van der Waals surface area contributed by atoms with E-state index in [-0.39, 0.29) is 11.9 Å².